The summed E-state index contributed by atoms with van der Waals surface area (Å²) in [5.41, 5.74) is -0.564. The van der Waals surface area contributed by atoms with Crippen LogP contribution in [0, 0.1) is 5.92 Å². The van der Waals surface area contributed by atoms with Crippen LogP contribution in [0.15, 0.2) is 0 Å². The van der Waals surface area contributed by atoms with Crippen molar-refractivity contribution in [2.75, 3.05) is 13.1 Å². The van der Waals surface area contributed by atoms with Crippen LogP contribution in [0.1, 0.15) is 54.9 Å². The molecule has 4 nitrogen and oxygen atoms in total. The van der Waals surface area contributed by atoms with E-state index < -0.39 is 5.60 Å². The summed E-state index contributed by atoms with van der Waals surface area (Å²) in [6.45, 7) is 15.6. The van der Waals surface area contributed by atoms with Crippen molar-refractivity contribution in [2.45, 2.75) is 66.0 Å². The van der Waals surface area contributed by atoms with Crippen molar-refractivity contribution in [2.24, 2.45) is 5.92 Å². The van der Waals surface area contributed by atoms with Gasteiger partial charge < -0.3 is 15.4 Å². The van der Waals surface area contributed by atoms with Gasteiger partial charge >= 0.3 is 6.09 Å². The largest absolute Gasteiger partial charge is 0.444 e. The number of carbonyl (C=O) groups excluding carboxylic acids is 1. The number of nitrogens with one attached hydrogen (secondary N) is 2. The number of rotatable bonds is 6. The van der Waals surface area contributed by atoms with Crippen molar-refractivity contribution in [1.29, 1.82) is 0 Å². The van der Waals surface area contributed by atoms with Gasteiger partial charge in [-0.15, -0.1) is 0 Å². The van der Waals surface area contributed by atoms with E-state index in [-0.39, 0.29) is 11.6 Å². The van der Waals surface area contributed by atoms with Crippen molar-refractivity contribution in [3.63, 3.8) is 0 Å². The summed E-state index contributed by atoms with van der Waals surface area (Å²) in [6, 6.07) is 0. The maximum atomic E-state index is 11.5. The summed E-state index contributed by atoms with van der Waals surface area (Å²) < 4.78 is 5.20. The Morgan fingerprint density at radius 3 is 2.17 bits per heavy atom. The molecule has 4 heteroatoms. The second-order valence-corrected chi connectivity index (χ2v) is 6.85. The van der Waals surface area contributed by atoms with Crippen molar-refractivity contribution in [3.8, 4) is 0 Å². The van der Waals surface area contributed by atoms with Gasteiger partial charge in [0.05, 0.1) is 0 Å². The Kier molecular flexibility index (Phi) is 6.68. The van der Waals surface area contributed by atoms with Crippen LogP contribution in [0.2, 0.25) is 0 Å². The van der Waals surface area contributed by atoms with Crippen LogP contribution in [0.25, 0.3) is 0 Å². The minimum Gasteiger partial charge on any atom is -0.444 e. The van der Waals surface area contributed by atoms with Gasteiger partial charge in [0, 0.05) is 12.1 Å². The summed E-state index contributed by atoms with van der Waals surface area (Å²) in [5, 5.41) is 6.23. The smallest absolute Gasteiger partial charge is 0.407 e. The number of ether oxygens (including phenoxy) is 1. The molecule has 0 bridgehead atoms. The fourth-order valence-electron chi connectivity index (χ4n) is 1.37. The standard InChI is InChI=1S/C14H30N2O2/c1-11(2)8-9-16-14(6,7)10-15-12(17)18-13(3,4)5/h11,16H,8-10H2,1-7H3,(H,15,17). The molecule has 0 aromatic rings. The van der Waals surface area contributed by atoms with E-state index in [2.05, 4.69) is 38.3 Å². The topological polar surface area (TPSA) is 50.4 Å². The highest BCUT2D eigenvalue weighted by Crippen LogP contribution is 2.07. The Balaban J connectivity index is 3.92. The van der Waals surface area contributed by atoms with Crippen LogP contribution in [0.5, 0.6) is 0 Å². The molecule has 0 atom stereocenters. The van der Waals surface area contributed by atoms with Crippen molar-refractivity contribution < 1.29 is 9.53 Å². The van der Waals surface area contributed by atoms with E-state index in [1.54, 1.807) is 0 Å². The predicted octanol–water partition coefficient (Wildman–Crippen LogP) is 2.93. The van der Waals surface area contributed by atoms with Gasteiger partial charge in [-0.2, -0.15) is 0 Å². The summed E-state index contributed by atoms with van der Waals surface area (Å²) in [6.07, 6.45) is 0.775. The lowest BCUT2D eigenvalue weighted by Gasteiger charge is -2.28. The average Bonchev–Trinajstić information content (AvgIpc) is 2.11. The lowest BCUT2D eigenvalue weighted by Crippen LogP contribution is -2.50. The fraction of sp³-hybridized carbons (Fsp3) is 0.929. The third-order valence-corrected chi connectivity index (χ3v) is 2.40. The van der Waals surface area contributed by atoms with E-state index in [0.717, 1.165) is 13.0 Å². The van der Waals surface area contributed by atoms with E-state index in [9.17, 15) is 4.79 Å². The third kappa shape index (κ3) is 10.4. The second-order valence-electron chi connectivity index (χ2n) is 6.85. The zero-order valence-electron chi connectivity index (χ0n) is 13.0. The van der Waals surface area contributed by atoms with E-state index in [1.165, 1.54) is 0 Å². The van der Waals surface area contributed by atoms with Crippen molar-refractivity contribution in [3.05, 3.63) is 0 Å². The van der Waals surface area contributed by atoms with Gasteiger partial charge in [-0.3, -0.25) is 0 Å². The minimum atomic E-state index is -0.445. The molecule has 0 heterocycles. The molecule has 0 spiro atoms. The highest BCUT2D eigenvalue weighted by Gasteiger charge is 2.21. The van der Waals surface area contributed by atoms with Crippen LogP contribution >= 0.6 is 0 Å². The quantitative estimate of drug-likeness (QED) is 0.770. The Morgan fingerprint density at radius 1 is 1.17 bits per heavy atom. The van der Waals surface area contributed by atoms with Gasteiger partial charge in [0.2, 0.25) is 0 Å². The first-order valence-electron chi connectivity index (χ1n) is 6.74. The Morgan fingerprint density at radius 2 is 1.72 bits per heavy atom. The van der Waals surface area contributed by atoms with Gasteiger partial charge in [-0.25, -0.2) is 4.79 Å². The average molecular weight is 258 g/mol. The molecule has 0 radical (unpaired) electrons. The molecule has 0 aromatic carbocycles. The maximum Gasteiger partial charge on any atom is 0.407 e. The number of amides is 1. The third-order valence-electron chi connectivity index (χ3n) is 2.40. The van der Waals surface area contributed by atoms with E-state index in [4.69, 9.17) is 4.74 Å². The van der Waals surface area contributed by atoms with Crippen molar-refractivity contribution in [1.82, 2.24) is 10.6 Å². The summed E-state index contributed by atoms with van der Waals surface area (Å²) in [5.74, 6) is 0.687. The lowest BCUT2D eigenvalue weighted by atomic mass is 10.0. The van der Waals surface area contributed by atoms with Crippen LogP contribution in [0.4, 0.5) is 4.79 Å². The van der Waals surface area contributed by atoms with Crippen LogP contribution in [-0.4, -0.2) is 30.3 Å². The molecule has 0 saturated heterocycles. The Labute approximate surface area is 112 Å². The zero-order valence-corrected chi connectivity index (χ0v) is 13.0. The molecule has 108 valence electrons. The van der Waals surface area contributed by atoms with Crippen molar-refractivity contribution >= 4 is 6.09 Å². The van der Waals surface area contributed by atoms with Gasteiger partial charge in [0.1, 0.15) is 5.60 Å². The molecule has 0 aliphatic heterocycles. The molecule has 0 aromatic heterocycles. The molecule has 18 heavy (non-hydrogen) atoms. The normalized spacial score (nSPS) is 12.7. The number of alkyl carbamates (subject to hydrolysis) is 1. The monoisotopic (exact) mass is 258 g/mol. The maximum absolute atomic E-state index is 11.5. The highest BCUT2D eigenvalue weighted by molar-refractivity contribution is 5.67. The summed E-state index contributed by atoms with van der Waals surface area (Å²) in [4.78, 5) is 11.5. The molecule has 0 fully saturated rings. The SMILES string of the molecule is CC(C)CCNC(C)(C)CNC(=O)OC(C)(C)C. The predicted molar refractivity (Wildman–Crippen MR) is 75.8 cm³/mol. The second kappa shape index (κ2) is 6.98. The molecule has 0 aliphatic rings. The number of hydrogen-bond acceptors (Lipinski definition) is 3. The first-order chi connectivity index (χ1) is 8.02. The summed E-state index contributed by atoms with van der Waals surface area (Å²) >= 11 is 0. The van der Waals surface area contributed by atoms with Crippen LogP contribution in [-0.2, 0) is 4.74 Å². The molecule has 0 aliphatic carbocycles. The molecular weight excluding hydrogens is 228 g/mol. The molecular formula is C14H30N2O2. The Bertz CT molecular complexity index is 255. The Hall–Kier alpha value is -0.770. The number of carbonyl (C=O) groups is 1. The van der Waals surface area contributed by atoms with E-state index in [0.29, 0.717) is 12.5 Å². The van der Waals surface area contributed by atoms with E-state index >= 15 is 0 Å². The first kappa shape index (κ1) is 17.2. The zero-order chi connectivity index (χ0) is 14.4. The van der Waals surface area contributed by atoms with Gasteiger partial charge in [0.15, 0.2) is 0 Å². The molecule has 0 unspecified atom stereocenters. The van der Waals surface area contributed by atoms with Crippen LogP contribution < -0.4 is 10.6 Å². The first-order valence-corrected chi connectivity index (χ1v) is 6.74. The molecule has 1 amide bonds. The van der Waals surface area contributed by atoms with Crippen LogP contribution in [0.3, 0.4) is 0 Å². The molecule has 2 N–H and O–H groups in total. The summed E-state index contributed by atoms with van der Waals surface area (Å²) in [7, 11) is 0. The molecule has 0 saturated carbocycles. The van der Waals surface area contributed by atoms with Gasteiger partial charge in [-0.1, -0.05) is 13.8 Å². The fourth-order valence-corrected chi connectivity index (χ4v) is 1.37. The molecule has 0 rings (SSSR count). The van der Waals surface area contributed by atoms with E-state index in [1.807, 2.05) is 20.8 Å². The van der Waals surface area contributed by atoms with Gasteiger partial charge in [-0.05, 0) is 53.5 Å². The number of hydrogen-bond donors (Lipinski definition) is 2. The van der Waals surface area contributed by atoms with Gasteiger partial charge in [0.25, 0.3) is 0 Å². The minimum absolute atomic E-state index is 0.119. The highest BCUT2D eigenvalue weighted by atomic mass is 16.6. The lowest BCUT2D eigenvalue weighted by molar-refractivity contribution is 0.0513.